The smallest absolute Gasteiger partial charge is 0.255 e. The Hall–Kier alpha value is -3.24. The molecule has 0 radical (unpaired) electrons. The first-order chi connectivity index (χ1) is 14.1. The first-order valence-electron chi connectivity index (χ1n) is 10.00. The third-order valence-electron chi connectivity index (χ3n) is 5.53. The normalized spacial score (nSPS) is 15.4. The first-order valence-corrected chi connectivity index (χ1v) is 10.00. The number of anilines is 1. The number of hydrogen-bond donors (Lipinski definition) is 2. The second kappa shape index (κ2) is 8.41. The van der Waals surface area contributed by atoms with Crippen molar-refractivity contribution in [3.63, 3.8) is 0 Å². The van der Waals surface area contributed by atoms with E-state index in [4.69, 9.17) is 0 Å². The molecule has 0 aromatic heterocycles. The average molecular weight is 385 g/mol. The molecule has 3 aromatic rings. The molecule has 0 saturated heterocycles. The lowest BCUT2D eigenvalue weighted by Crippen LogP contribution is -3.10. The van der Waals surface area contributed by atoms with Crippen LogP contribution in [0.15, 0.2) is 72.8 Å². The van der Waals surface area contributed by atoms with Gasteiger partial charge in [0.2, 0.25) is 0 Å². The number of Topliss-reactive ketones (excluding diaryl/α,β-unsaturated/α-hetero) is 1. The van der Waals surface area contributed by atoms with Crippen molar-refractivity contribution in [2.45, 2.75) is 26.4 Å². The number of amides is 1. The van der Waals surface area contributed by atoms with Gasteiger partial charge in [0.1, 0.15) is 13.1 Å². The molecule has 146 valence electrons. The lowest BCUT2D eigenvalue weighted by Gasteiger charge is -2.26. The molecule has 1 atom stereocenters. The van der Waals surface area contributed by atoms with Crippen LogP contribution < -0.4 is 10.2 Å². The molecule has 0 bridgehead atoms. The molecule has 4 rings (SSSR count). The summed E-state index contributed by atoms with van der Waals surface area (Å²) in [6, 6.07) is 23.5. The van der Waals surface area contributed by atoms with Crippen LogP contribution in [0, 0.1) is 0 Å². The third kappa shape index (κ3) is 4.61. The van der Waals surface area contributed by atoms with Gasteiger partial charge in [0.15, 0.2) is 5.78 Å². The summed E-state index contributed by atoms with van der Waals surface area (Å²) in [4.78, 5) is 25.4. The standard InChI is InChI=1S/C25H24N2O2/c1-18(28)20-10-12-24(13-11-20)26-25(29)22-8-6-19(7-9-22)16-27-15-14-21-4-2-3-5-23(21)17-27/h2-13H,14-17H2,1H3,(H,26,29)/p+1. The average Bonchev–Trinajstić information content (AvgIpc) is 2.74. The van der Waals surface area contributed by atoms with Gasteiger partial charge in [-0.2, -0.15) is 0 Å². The largest absolute Gasteiger partial charge is 0.327 e. The molecule has 1 heterocycles. The second-order valence-electron chi connectivity index (χ2n) is 7.66. The zero-order valence-corrected chi connectivity index (χ0v) is 16.6. The Bertz CT molecular complexity index is 1020. The Labute approximate surface area is 171 Å². The molecule has 0 spiro atoms. The van der Waals surface area contributed by atoms with Crippen LogP contribution >= 0.6 is 0 Å². The van der Waals surface area contributed by atoms with E-state index in [1.54, 1.807) is 29.2 Å². The van der Waals surface area contributed by atoms with E-state index in [1.807, 2.05) is 24.3 Å². The third-order valence-corrected chi connectivity index (χ3v) is 5.53. The van der Waals surface area contributed by atoms with E-state index in [1.165, 1.54) is 23.6 Å². The van der Waals surface area contributed by atoms with Crippen LogP contribution in [0.1, 0.15) is 44.3 Å². The van der Waals surface area contributed by atoms with E-state index >= 15 is 0 Å². The van der Waals surface area contributed by atoms with Crippen molar-refractivity contribution < 1.29 is 14.5 Å². The van der Waals surface area contributed by atoms with Gasteiger partial charge in [-0.1, -0.05) is 36.4 Å². The van der Waals surface area contributed by atoms with Crippen LogP contribution in [-0.4, -0.2) is 18.2 Å². The summed E-state index contributed by atoms with van der Waals surface area (Å²) >= 11 is 0. The molecular formula is C25H25N2O2+. The van der Waals surface area contributed by atoms with Crippen molar-refractivity contribution in [1.29, 1.82) is 0 Å². The molecule has 4 nitrogen and oxygen atoms in total. The molecule has 4 heteroatoms. The number of rotatable bonds is 5. The molecule has 3 aromatic carbocycles. The lowest BCUT2D eigenvalue weighted by molar-refractivity contribution is -0.929. The van der Waals surface area contributed by atoms with Crippen molar-refractivity contribution in [3.05, 3.63) is 101 Å². The zero-order valence-electron chi connectivity index (χ0n) is 16.6. The second-order valence-corrected chi connectivity index (χ2v) is 7.66. The summed E-state index contributed by atoms with van der Waals surface area (Å²) in [5, 5.41) is 2.88. The number of quaternary nitrogens is 1. The highest BCUT2D eigenvalue weighted by molar-refractivity contribution is 6.04. The van der Waals surface area contributed by atoms with Crippen LogP contribution in [0.2, 0.25) is 0 Å². The monoisotopic (exact) mass is 385 g/mol. The Morgan fingerprint density at radius 2 is 1.52 bits per heavy atom. The predicted octanol–water partition coefficient (Wildman–Crippen LogP) is 3.28. The summed E-state index contributed by atoms with van der Waals surface area (Å²) in [7, 11) is 0. The maximum Gasteiger partial charge on any atom is 0.255 e. The Kier molecular flexibility index (Phi) is 5.54. The van der Waals surface area contributed by atoms with E-state index < -0.39 is 0 Å². The minimum atomic E-state index is -0.147. The number of ketones is 1. The summed E-state index contributed by atoms with van der Waals surface area (Å²) < 4.78 is 0. The minimum absolute atomic E-state index is 0.0118. The zero-order chi connectivity index (χ0) is 20.2. The van der Waals surface area contributed by atoms with Gasteiger partial charge in [-0.3, -0.25) is 9.59 Å². The minimum Gasteiger partial charge on any atom is -0.327 e. The van der Waals surface area contributed by atoms with E-state index in [-0.39, 0.29) is 11.7 Å². The lowest BCUT2D eigenvalue weighted by atomic mass is 9.99. The number of benzene rings is 3. The van der Waals surface area contributed by atoms with Gasteiger partial charge in [-0.05, 0) is 48.9 Å². The van der Waals surface area contributed by atoms with Crippen LogP contribution in [0.5, 0.6) is 0 Å². The molecule has 29 heavy (non-hydrogen) atoms. The summed E-state index contributed by atoms with van der Waals surface area (Å²) in [5.74, 6) is -0.135. The molecule has 1 unspecified atom stereocenters. The molecule has 0 fully saturated rings. The molecule has 0 saturated carbocycles. The fraction of sp³-hybridized carbons (Fsp3) is 0.200. The molecule has 2 N–H and O–H groups in total. The highest BCUT2D eigenvalue weighted by atomic mass is 16.1. The fourth-order valence-electron chi connectivity index (χ4n) is 3.85. The summed E-state index contributed by atoms with van der Waals surface area (Å²) in [6.07, 6.45) is 1.12. The van der Waals surface area contributed by atoms with Crippen molar-refractivity contribution in [2.24, 2.45) is 0 Å². The van der Waals surface area contributed by atoms with Crippen LogP contribution in [-0.2, 0) is 19.5 Å². The molecule has 1 amide bonds. The van der Waals surface area contributed by atoms with Crippen LogP contribution in [0.3, 0.4) is 0 Å². The Morgan fingerprint density at radius 1 is 0.862 bits per heavy atom. The summed E-state index contributed by atoms with van der Waals surface area (Å²) in [6.45, 7) is 4.67. The maximum atomic E-state index is 12.5. The van der Waals surface area contributed by atoms with Crippen molar-refractivity contribution in [2.75, 3.05) is 11.9 Å². The Morgan fingerprint density at radius 3 is 2.21 bits per heavy atom. The van der Waals surface area contributed by atoms with Crippen LogP contribution in [0.4, 0.5) is 5.69 Å². The van der Waals surface area contributed by atoms with Gasteiger partial charge in [0.05, 0.1) is 6.54 Å². The number of nitrogens with one attached hydrogen (secondary N) is 2. The van der Waals surface area contributed by atoms with Crippen molar-refractivity contribution >= 4 is 17.4 Å². The summed E-state index contributed by atoms with van der Waals surface area (Å²) in [5.41, 5.74) is 6.10. The predicted molar refractivity (Wildman–Crippen MR) is 114 cm³/mol. The van der Waals surface area contributed by atoms with E-state index in [9.17, 15) is 9.59 Å². The fourth-order valence-corrected chi connectivity index (χ4v) is 3.85. The molecule has 0 aliphatic carbocycles. The molecule has 1 aliphatic heterocycles. The number of hydrogen-bond acceptors (Lipinski definition) is 2. The van der Waals surface area contributed by atoms with Crippen LogP contribution in [0.25, 0.3) is 0 Å². The van der Waals surface area contributed by atoms with Gasteiger partial charge < -0.3 is 10.2 Å². The molecule has 1 aliphatic rings. The van der Waals surface area contributed by atoms with Crippen molar-refractivity contribution in [1.82, 2.24) is 0 Å². The quantitative estimate of drug-likeness (QED) is 0.662. The number of carbonyl (C=O) groups excluding carboxylic acids is 2. The number of carbonyl (C=O) groups is 2. The van der Waals surface area contributed by atoms with Crippen molar-refractivity contribution in [3.8, 4) is 0 Å². The van der Waals surface area contributed by atoms with Gasteiger partial charge in [-0.25, -0.2) is 0 Å². The Balaban J connectivity index is 1.36. The van der Waals surface area contributed by atoms with Gasteiger partial charge in [0.25, 0.3) is 5.91 Å². The topological polar surface area (TPSA) is 50.6 Å². The van der Waals surface area contributed by atoms with Gasteiger partial charge in [0, 0.05) is 34.4 Å². The van der Waals surface area contributed by atoms with E-state index in [2.05, 4.69) is 29.6 Å². The number of fused-ring (bicyclic) bond motifs is 1. The van der Waals surface area contributed by atoms with E-state index in [0.717, 1.165) is 26.1 Å². The SMILES string of the molecule is CC(=O)c1ccc(NC(=O)c2ccc(C[NH+]3CCc4ccccc4C3)cc2)cc1. The van der Waals surface area contributed by atoms with Gasteiger partial charge >= 0.3 is 0 Å². The van der Waals surface area contributed by atoms with Gasteiger partial charge in [-0.15, -0.1) is 0 Å². The molecular weight excluding hydrogens is 360 g/mol. The van der Waals surface area contributed by atoms with E-state index in [0.29, 0.717) is 16.8 Å². The first kappa shape index (κ1) is 19.1. The highest BCUT2D eigenvalue weighted by Gasteiger charge is 2.19. The highest BCUT2D eigenvalue weighted by Crippen LogP contribution is 2.13. The maximum absolute atomic E-state index is 12.5.